The molecule has 1 fully saturated rings. The highest BCUT2D eigenvalue weighted by Crippen LogP contribution is 2.38. The molecule has 1 aromatic rings. The van der Waals surface area contributed by atoms with Gasteiger partial charge in [-0.3, -0.25) is 10.1 Å². The lowest BCUT2D eigenvalue weighted by Crippen LogP contribution is -2.22. The van der Waals surface area contributed by atoms with E-state index in [2.05, 4.69) is 11.9 Å². The molecule has 6 heteroatoms. The van der Waals surface area contributed by atoms with Gasteiger partial charge in [-0.15, -0.1) is 0 Å². The Labute approximate surface area is 99.6 Å². The molecule has 0 saturated heterocycles. The van der Waals surface area contributed by atoms with E-state index >= 15 is 0 Å². The summed E-state index contributed by atoms with van der Waals surface area (Å²) in [6.07, 6.45) is 1.24. The summed E-state index contributed by atoms with van der Waals surface area (Å²) in [4.78, 5) is 16.1. The minimum atomic E-state index is -0.519. The molecule has 0 spiro atoms. The molecule has 92 valence electrons. The summed E-state index contributed by atoms with van der Waals surface area (Å²) in [5.41, 5.74) is 5.42. The van der Waals surface area contributed by atoms with Crippen LogP contribution >= 0.6 is 0 Å². The zero-order chi connectivity index (χ0) is 12.6. The summed E-state index contributed by atoms with van der Waals surface area (Å²) in [5, 5.41) is 10.6. The maximum atomic E-state index is 10.6. The van der Waals surface area contributed by atoms with Crippen LogP contribution in [0.5, 0.6) is 0 Å². The van der Waals surface area contributed by atoms with E-state index in [9.17, 15) is 10.1 Å². The molecule has 6 nitrogen and oxygen atoms in total. The number of nitrogen functional groups attached to an aromatic ring is 1. The Morgan fingerprint density at radius 3 is 2.76 bits per heavy atom. The molecule has 0 aliphatic heterocycles. The highest BCUT2D eigenvalue weighted by atomic mass is 16.6. The lowest BCUT2D eigenvalue weighted by molar-refractivity contribution is -0.384. The van der Waals surface area contributed by atoms with Crippen LogP contribution in [-0.2, 0) is 0 Å². The van der Waals surface area contributed by atoms with Gasteiger partial charge in [0.1, 0.15) is 5.82 Å². The molecule has 2 rings (SSSR count). The van der Waals surface area contributed by atoms with Crippen LogP contribution in [0.15, 0.2) is 12.1 Å². The second-order valence-corrected chi connectivity index (χ2v) is 4.68. The number of anilines is 2. The zero-order valence-corrected chi connectivity index (χ0v) is 9.96. The highest BCUT2D eigenvalue weighted by molar-refractivity contribution is 5.57. The molecule has 2 N–H and O–H groups in total. The number of nitrogens with two attached hydrogens (primary N) is 1. The fourth-order valence-electron chi connectivity index (χ4n) is 1.92. The Hall–Kier alpha value is -1.85. The number of pyridine rings is 1. The van der Waals surface area contributed by atoms with Crippen molar-refractivity contribution in [1.82, 2.24) is 4.98 Å². The van der Waals surface area contributed by atoms with Crippen molar-refractivity contribution in [3.8, 4) is 0 Å². The number of aromatic nitrogens is 1. The zero-order valence-electron chi connectivity index (χ0n) is 9.96. The lowest BCUT2D eigenvalue weighted by Gasteiger charge is -2.18. The van der Waals surface area contributed by atoms with E-state index in [-0.39, 0.29) is 11.5 Å². The van der Waals surface area contributed by atoms with E-state index in [1.165, 1.54) is 12.5 Å². The minimum absolute atomic E-state index is 0.0248. The van der Waals surface area contributed by atoms with Gasteiger partial charge in [-0.25, -0.2) is 4.98 Å². The normalized spacial score (nSPS) is 22.2. The van der Waals surface area contributed by atoms with Crippen LogP contribution in [0.4, 0.5) is 17.3 Å². The summed E-state index contributed by atoms with van der Waals surface area (Å²) in [5.74, 6) is 2.14. The quantitative estimate of drug-likeness (QED) is 0.634. The van der Waals surface area contributed by atoms with Gasteiger partial charge >= 0.3 is 5.69 Å². The largest absolute Gasteiger partial charge is 0.378 e. The van der Waals surface area contributed by atoms with Gasteiger partial charge in [-0.05, 0) is 24.3 Å². The number of rotatable bonds is 4. The molecule has 1 aromatic heterocycles. The average molecular weight is 236 g/mol. The number of nitrogens with zero attached hydrogens (tertiary/aromatic N) is 3. The molecule has 1 heterocycles. The summed E-state index contributed by atoms with van der Waals surface area (Å²) < 4.78 is 0. The third kappa shape index (κ3) is 2.46. The van der Waals surface area contributed by atoms with E-state index in [1.807, 2.05) is 11.9 Å². The fourth-order valence-corrected chi connectivity index (χ4v) is 1.92. The SMILES string of the molecule is CC1CC1CN(C)c1ccc([N+](=O)[O-])c(N)n1. The van der Waals surface area contributed by atoms with Gasteiger partial charge in [0.05, 0.1) is 4.92 Å². The van der Waals surface area contributed by atoms with Crippen LogP contribution in [0.2, 0.25) is 0 Å². The molecule has 0 radical (unpaired) electrons. The third-order valence-electron chi connectivity index (χ3n) is 3.26. The van der Waals surface area contributed by atoms with Gasteiger partial charge in [-0.1, -0.05) is 6.92 Å². The maximum Gasteiger partial charge on any atom is 0.311 e. The van der Waals surface area contributed by atoms with Crippen molar-refractivity contribution in [1.29, 1.82) is 0 Å². The summed E-state index contributed by atoms with van der Waals surface area (Å²) in [6, 6.07) is 3.05. The van der Waals surface area contributed by atoms with Crippen molar-refractivity contribution in [3.63, 3.8) is 0 Å². The standard InChI is InChI=1S/C11H16N4O2/c1-7-5-8(7)6-14(2)10-4-3-9(15(16)17)11(12)13-10/h3-4,7-8H,5-6H2,1-2H3,(H2,12,13). The van der Waals surface area contributed by atoms with Crippen molar-refractivity contribution in [2.24, 2.45) is 11.8 Å². The van der Waals surface area contributed by atoms with Crippen LogP contribution in [0.1, 0.15) is 13.3 Å². The molecule has 1 aliphatic carbocycles. The molecule has 0 bridgehead atoms. The topological polar surface area (TPSA) is 85.3 Å². The van der Waals surface area contributed by atoms with Crippen molar-refractivity contribution in [3.05, 3.63) is 22.2 Å². The third-order valence-corrected chi connectivity index (χ3v) is 3.26. The number of hydrogen-bond acceptors (Lipinski definition) is 5. The van der Waals surface area contributed by atoms with Crippen molar-refractivity contribution in [2.45, 2.75) is 13.3 Å². The predicted molar refractivity (Wildman–Crippen MR) is 65.8 cm³/mol. The Bertz CT molecular complexity index is 449. The molecular formula is C11H16N4O2. The first-order chi connectivity index (χ1) is 7.99. The second kappa shape index (κ2) is 4.20. The summed E-state index contributed by atoms with van der Waals surface area (Å²) in [6.45, 7) is 3.14. The van der Waals surface area contributed by atoms with Gasteiger partial charge in [-0.2, -0.15) is 0 Å². The first-order valence-corrected chi connectivity index (χ1v) is 5.61. The average Bonchev–Trinajstić information content (AvgIpc) is 2.93. The molecule has 1 aliphatic rings. The van der Waals surface area contributed by atoms with E-state index in [0.717, 1.165) is 12.5 Å². The fraction of sp³-hybridized carbons (Fsp3) is 0.545. The van der Waals surface area contributed by atoms with Gasteiger partial charge in [0.25, 0.3) is 0 Å². The van der Waals surface area contributed by atoms with Gasteiger partial charge in [0.15, 0.2) is 0 Å². The Kier molecular flexibility index (Phi) is 2.87. The van der Waals surface area contributed by atoms with Crippen LogP contribution in [0.25, 0.3) is 0 Å². The number of nitro groups is 1. The predicted octanol–water partition coefficient (Wildman–Crippen LogP) is 1.66. The van der Waals surface area contributed by atoms with Crippen molar-refractivity contribution >= 4 is 17.3 Å². The van der Waals surface area contributed by atoms with E-state index in [0.29, 0.717) is 11.7 Å². The molecule has 2 atom stereocenters. The monoisotopic (exact) mass is 236 g/mol. The first kappa shape index (κ1) is 11.6. The van der Waals surface area contributed by atoms with E-state index < -0.39 is 4.92 Å². The van der Waals surface area contributed by atoms with Gasteiger partial charge in [0.2, 0.25) is 5.82 Å². The smallest absolute Gasteiger partial charge is 0.311 e. The van der Waals surface area contributed by atoms with Crippen molar-refractivity contribution in [2.75, 3.05) is 24.2 Å². The van der Waals surface area contributed by atoms with Crippen LogP contribution in [0.3, 0.4) is 0 Å². The molecule has 0 amide bonds. The highest BCUT2D eigenvalue weighted by Gasteiger charge is 2.33. The molecular weight excluding hydrogens is 220 g/mol. The molecule has 0 aromatic carbocycles. The first-order valence-electron chi connectivity index (χ1n) is 5.61. The van der Waals surface area contributed by atoms with Crippen LogP contribution in [-0.4, -0.2) is 23.5 Å². The lowest BCUT2D eigenvalue weighted by atomic mass is 10.3. The van der Waals surface area contributed by atoms with E-state index in [1.54, 1.807) is 6.07 Å². The second-order valence-electron chi connectivity index (χ2n) is 4.68. The maximum absolute atomic E-state index is 10.6. The molecule has 1 saturated carbocycles. The Balaban J connectivity index is 2.10. The summed E-state index contributed by atoms with van der Waals surface area (Å²) >= 11 is 0. The van der Waals surface area contributed by atoms with Gasteiger partial charge < -0.3 is 10.6 Å². The minimum Gasteiger partial charge on any atom is -0.378 e. The Morgan fingerprint density at radius 2 is 2.29 bits per heavy atom. The Morgan fingerprint density at radius 1 is 1.65 bits per heavy atom. The van der Waals surface area contributed by atoms with Crippen LogP contribution in [0, 0.1) is 22.0 Å². The summed E-state index contributed by atoms with van der Waals surface area (Å²) in [7, 11) is 1.93. The molecule has 2 unspecified atom stereocenters. The van der Waals surface area contributed by atoms with E-state index in [4.69, 9.17) is 5.73 Å². The van der Waals surface area contributed by atoms with Crippen LogP contribution < -0.4 is 10.6 Å². The van der Waals surface area contributed by atoms with Gasteiger partial charge in [0, 0.05) is 19.7 Å². The van der Waals surface area contributed by atoms with Crippen molar-refractivity contribution < 1.29 is 4.92 Å². The number of hydrogen-bond donors (Lipinski definition) is 1. The molecule has 17 heavy (non-hydrogen) atoms.